The quantitative estimate of drug-likeness (QED) is 0.759. The van der Waals surface area contributed by atoms with Crippen LogP contribution in [0.25, 0.3) is 0 Å². The minimum atomic E-state index is -3.33. The van der Waals surface area contributed by atoms with E-state index in [1.807, 2.05) is 6.07 Å². The van der Waals surface area contributed by atoms with Gasteiger partial charge in [-0.2, -0.15) is 0 Å². The summed E-state index contributed by atoms with van der Waals surface area (Å²) in [4.78, 5) is 12.6. The van der Waals surface area contributed by atoms with Gasteiger partial charge < -0.3 is 4.52 Å². The first-order valence-corrected chi connectivity index (χ1v) is 9.09. The summed E-state index contributed by atoms with van der Waals surface area (Å²) in [5, 5.41) is 3.56. The predicted molar refractivity (Wildman–Crippen MR) is 86.2 cm³/mol. The Hall–Kier alpha value is -2.15. The fraction of sp³-hybridized carbons (Fsp3) is 0.375. The monoisotopic (exact) mass is 334 g/mol. The maximum Gasteiger partial charge on any atom is 0.234 e. The van der Waals surface area contributed by atoms with Crippen LogP contribution in [-0.4, -0.2) is 32.2 Å². The summed E-state index contributed by atoms with van der Waals surface area (Å²) in [6, 6.07) is 5.17. The Morgan fingerprint density at radius 3 is 2.70 bits per heavy atom. The molecule has 0 spiro atoms. The number of benzene rings is 1. The normalized spacial score (nSPS) is 14.7. The van der Waals surface area contributed by atoms with E-state index in [2.05, 4.69) is 5.16 Å². The van der Waals surface area contributed by atoms with Gasteiger partial charge in [-0.3, -0.25) is 9.10 Å². The summed E-state index contributed by atoms with van der Waals surface area (Å²) in [7, 11) is -1.79. The lowest BCUT2D eigenvalue weighted by Crippen LogP contribution is -2.28. The number of hydrogen-bond donors (Lipinski definition) is 0. The fourth-order valence-electron chi connectivity index (χ4n) is 2.51. The lowest BCUT2D eigenvalue weighted by Gasteiger charge is -2.20. The van der Waals surface area contributed by atoms with Crippen LogP contribution in [0.3, 0.4) is 0 Å². The van der Waals surface area contributed by atoms with Gasteiger partial charge in [0.15, 0.2) is 5.78 Å². The largest absolute Gasteiger partial charge is 0.364 e. The molecule has 6 nitrogen and oxygen atoms in total. The number of anilines is 1. The first kappa shape index (κ1) is 15.7. The molecule has 122 valence electrons. The zero-order valence-corrected chi connectivity index (χ0v) is 13.8. The Morgan fingerprint density at radius 1 is 1.39 bits per heavy atom. The fourth-order valence-corrected chi connectivity index (χ4v) is 3.33. The van der Waals surface area contributed by atoms with Gasteiger partial charge in [-0.25, -0.2) is 8.42 Å². The predicted octanol–water partition coefficient (Wildman–Crippen LogP) is 2.57. The number of rotatable bonds is 6. The summed E-state index contributed by atoms with van der Waals surface area (Å²) < 4.78 is 30.1. The van der Waals surface area contributed by atoms with Gasteiger partial charge in [0.2, 0.25) is 10.0 Å². The molecule has 7 heteroatoms. The van der Waals surface area contributed by atoms with Gasteiger partial charge in [-0.05, 0) is 49.4 Å². The first-order valence-electron chi connectivity index (χ1n) is 7.48. The summed E-state index contributed by atoms with van der Waals surface area (Å²) >= 11 is 0. The number of carbonyl (C=O) groups excluding carboxylic acids is 1. The third-order valence-corrected chi connectivity index (χ3v) is 5.91. The average Bonchev–Trinajstić information content (AvgIpc) is 3.27. The van der Waals surface area contributed by atoms with Crippen molar-refractivity contribution < 1.29 is 17.7 Å². The molecule has 0 amide bonds. The van der Waals surface area contributed by atoms with E-state index in [0.29, 0.717) is 22.7 Å². The number of nitrogens with zero attached hydrogens (tertiary/aromatic N) is 2. The molecule has 1 aromatic carbocycles. The van der Waals surface area contributed by atoms with Crippen molar-refractivity contribution in [2.75, 3.05) is 17.1 Å². The minimum Gasteiger partial charge on any atom is -0.364 e. The molecule has 0 unspecified atom stereocenters. The summed E-state index contributed by atoms with van der Waals surface area (Å²) in [6.45, 7) is 1.61. The lowest BCUT2D eigenvalue weighted by atomic mass is 9.96. The molecular formula is C16H18N2O4S. The zero-order chi connectivity index (χ0) is 16.6. The molecular weight excluding hydrogens is 316 g/mol. The molecule has 1 aliphatic carbocycles. The second-order valence-electron chi connectivity index (χ2n) is 5.66. The lowest BCUT2D eigenvalue weighted by molar-refractivity contribution is 0.103. The Morgan fingerprint density at radius 2 is 2.13 bits per heavy atom. The molecule has 0 N–H and O–H groups in total. The number of hydrogen-bond acceptors (Lipinski definition) is 5. The second kappa shape index (κ2) is 5.81. The molecule has 0 saturated heterocycles. The van der Waals surface area contributed by atoms with E-state index in [1.165, 1.54) is 23.8 Å². The number of sulfonamides is 1. The Kier molecular flexibility index (Phi) is 3.97. The van der Waals surface area contributed by atoms with Crippen LogP contribution < -0.4 is 4.31 Å². The van der Waals surface area contributed by atoms with Gasteiger partial charge in [-0.15, -0.1) is 0 Å². The van der Waals surface area contributed by atoms with Crippen molar-refractivity contribution in [2.45, 2.75) is 25.7 Å². The van der Waals surface area contributed by atoms with Crippen LogP contribution in [0.5, 0.6) is 0 Å². The Balaban J connectivity index is 2.02. The number of carbonyl (C=O) groups is 1. The topological polar surface area (TPSA) is 80.5 Å². The van der Waals surface area contributed by atoms with E-state index in [9.17, 15) is 13.2 Å². The van der Waals surface area contributed by atoms with E-state index in [4.69, 9.17) is 4.52 Å². The minimum absolute atomic E-state index is 0.0314. The van der Waals surface area contributed by atoms with E-state index in [1.54, 1.807) is 19.1 Å². The van der Waals surface area contributed by atoms with Crippen LogP contribution in [0.1, 0.15) is 47.2 Å². The van der Waals surface area contributed by atoms with Gasteiger partial charge >= 0.3 is 0 Å². The van der Waals surface area contributed by atoms with Crippen molar-refractivity contribution in [3.63, 3.8) is 0 Å². The van der Waals surface area contributed by atoms with E-state index >= 15 is 0 Å². The van der Waals surface area contributed by atoms with Crippen molar-refractivity contribution in [1.82, 2.24) is 5.16 Å². The smallest absolute Gasteiger partial charge is 0.234 e. The van der Waals surface area contributed by atoms with Crippen molar-refractivity contribution in [3.05, 3.63) is 47.3 Å². The van der Waals surface area contributed by atoms with E-state index < -0.39 is 10.0 Å². The molecule has 0 radical (unpaired) electrons. The molecule has 1 aromatic heterocycles. The van der Waals surface area contributed by atoms with E-state index in [0.717, 1.165) is 18.4 Å². The van der Waals surface area contributed by atoms with E-state index in [-0.39, 0.29) is 11.5 Å². The van der Waals surface area contributed by atoms with Crippen LogP contribution in [0, 0.1) is 0 Å². The highest BCUT2D eigenvalue weighted by Gasteiger charge is 2.30. The number of ketones is 1. The van der Waals surface area contributed by atoms with Crippen LogP contribution in [0.15, 0.2) is 35.2 Å². The SMILES string of the molecule is CCS(=O)(=O)N(C)c1ccc(C(=O)c2cnoc2)c(C2CC2)c1. The van der Waals surface area contributed by atoms with Crippen LogP contribution in [0.2, 0.25) is 0 Å². The molecule has 0 aliphatic heterocycles. The first-order chi connectivity index (χ1) is 10.9. The summed E-state index contributed by atoms with van der Waals surface area (Å²) in [5.74, 6) is 0.191. The highest BCUT2D eigenvalue weighted by molar-refractivity contribution is 7.92. The molecule has 0 atom stereocenters. The third kappa shape index (κ3) is 3.01. The highest BCUT2D eigenvalue weighted by Crippen LogP contribution is 2.43. The molecule has 0 bridgehead atoms. The molecule has 1 fully saturated rings. The maximum atomic E-state index is 12.6. The van der Waals surface area contributed by atoms with Crippen molar-refractivity contribution >= 4 is 21.5 Å². The van der Waals surface area contributed by atoms with Crippen molar-refractivity contribution in [1.29, 1.82) is 0 Å². The van der Waals surface area contributed by atoms with Crippen molar-refractivity contribution in [2.24, 2.45) is 0 Å². The highest BCUT2D eigenvalue weighted by atomic mass is 32.2. The summed E-state index contributed by atoms with van der Waals surface area (Å²) in [5.41, 5.74) is 2.46. The third-order valence-electron chi connectivity index (χ3n) is 4.14. The van der Waals surface area contributed by atoms with Gasteiger partial charge in [-0.1, -0.05) is 5.16 Å². The molecule has 3 rings (SSSR count). The second-order valence-corrected chi connectivity index (χ2v) is 7.95. The molecule has 23 heavy (non-hydrogen) atoms. The average molecular weight is 334 g/mol. The summed E-state index contributed by atoms with van der Waals surface area (Å²) in [6.07, 6.45) is 4.73. The van der Waals surface area contributed by atoms with Crippen LogP contribution in [0.4, 0.5) is 5.69 Å². The number of aromatic nitrogens is 1. The maximum absolute atomic E-state index is 12.6. The molecule has 1 aliphatic rings. The van der Waals surface area contributed by atoms with Crippen LogP contribution in [-0.2, 0) is 10.0 Å². The zero-order valence-electron chi connectivity index (χ0n) is 13.0. The Labute approximate surface area is 135 Å². The Bertz CT molecular complexity index is 824. The van der Waals surface area contributed by atoms with Crippen molar-refractivity contribution in [3.8, 4) is 0 Å². The van der Waals surface area contributed by atoms with Crippen LogP contribution >= 0.6 is 0 Å². The molecule has 1 saturated carbocycles. The molecule has 1 heterocycles. The van der Waals surface area contributed by atoms with Gasteiger partial charge in [0.25, 0.3) is 0 Å². The molecule has 2 aromatic rings. The van der Waals surface area contributed by atoms with Gasteiger partial charge in [0.05, 0.1) is 23.2 Å². The van der Waals surface area contributed by atoms with Gasteiger partial charge in [0.1, 0.15) is 6.26 Å². The standard InChI is InChI=1S/C16H18N2O4S/c1-3-23(20,21)18(2)13-6-7-14(15(8-13)11-4-5-11)16(19)12-9-17-22-10-12/h6-11H,3-5H2,1-2H3. The van der Waals surface area contributed by atoms with Gasteiger partial charge in [0, 0.05) is 12.6 Å².